The van der Waals surface area contributed by atoms with Gasteiger partial charge in [-0.25, -0.2) is 4.39 Å². The van der Waals surface area contributed by atoms with E-state index in [2.05, 4.69) is 19.2 Å². The Morgan fingerprint density at radius 2 is 2.12 bits per heavy atom. The number of nitrogens with one attached hydrogen (secondary N) is 1. The number of halogens is 1. The van der Waals surface area contributed by atoms with Crippen molar-refractivity contribution in [3.63, 3.8) is 0 Å². The Bertz CT molecular complexity index is 382. The molecule has 88 valence electrons. The SMILES string of the molecule is CNC(C)C1(Cc2cc(F)ccc2C)CC1. The van der Waals surface area contributed by atoms with Crippen LogP contribution in [0.1, 0.15) is 30.9 Å². The Hall–Kier alpha value is -0.890. The van der Waals surface area contributed by atoms with Crippen molar-refractivity contribution in [1.29, 1.82) is 0 Å². The minimum Gasteiger partial charge on any atom is -0.317 e. The molecular formula is C14H20FN. The Labute approximate surface area is 97.1 Å². The summed E-state index contributed by atoms with van der Waals surface area (Å²) in [5.41, 5.74) is 2.74. The molecule has 2 heteroatoms. The minimum atomic E-state index is -0.117. The molecule has 0 aromatic heterocycles. The standard InChI is InChI=1S/C14H20FN/c1-10-4-5-13(15)8-12(10)9-14(6-7-14)11(2)16-3/h4-5,8,11,16H,6-7,9H2,1-3H3. The summed E-state index contributed by atoms with van der Waals surface area (Å²) in [7, 11) is 2.00. The van der Waals surface area contributed by atoms with Crippen LogP contribution in [-0.4, -0.2) is 13.1 Å². The molecule has 1 unspecified atom stereocenters. The summed E-state index contributed by atoms with van der Waals surface area (Å²) in [5, 5.41) is 3.33. The molecule has 0 radical (unpaired) electrons. The van der Waals surface area contributed by atoms with E-state index in [1.807, 2.05) is 13.1 Å². The summed E-state index contributed by atoms with van der Waals surface area (Å²) < 4.78 is 13.2. The second-order valence-corrected chi connectivity index (χ2v) is 5.12. The third-order valence-corrected chi connectivity index (χ3v) is 4.10. The number of rotatable bonds is 4. The molecule has 1 aromatic carbocycles. The van der Waals surface area contributed by atoms with Crippen LogP contribution in [0.25, 0.3) is 0 Å². The molecule has 2 rings (SSSR count). The largest absolute Gasteiger partial charge is 0.317 e. The van der Waals surface area contributed by atoms with Crippen molar-refractivity contribution in [3.8, 4) is 0 Å². The predicted molar refractivity (Wildman–Crippen MR) is 65.0 cm³/mol. The summed E-state index contributed by atoms with van der Waals surface area (Å²) in [5.74, 6) is -0.117. The van der Waals surface area contributed by atoms with Crippen LogP contribution in [-0.2, 0) is 6.42 Å². The second kappa shape index (κ2) is 4.17. The van der Waals surface area contributed by atoms with E-state index in [0.717, 1.165) is 6.42 Å². The van der Waals surface area contributed by atoms with Gasteiger partial charge in [0, 0.05) is 6.04 Å². The van der Waals surface area contributed by atoms with E-state index >= 15 is 0 Å². The lowest BCUT2D eigenvalue weighted by Gasteiger charge is -2.23. The molecule has 0 saturated heterocycles. The molecular weight excluding hydrogens is 201 g/mol. The number of hydrogen-bond acceptors (Lipinski definition) is 1. The normalized spacial score (nSPS) is 19.5. The summed E-state index contributed by atoms with van der Waals surface area (Å²) in [4.78, 5) is 0. The molecule has 1 N–H and O–H groups in total. The summed E-state index contributed by atoms with van der Waals surface area (Å²) >= 11 is 0. The van der Waals surface area contributed by atoms with Gasteiger partial charge in [-0.05, 0) is 68.8 Å². The molecule has 0 heterocycles. The van der Waals surface area contributed by atoms with Crippen LogP contribution >= 0.6 is 0 Å². The molecule has 0 bridgehead atoms. The molecule has 0 aliphatic heterocycles. The van der Waals surface area contributed by atoms with Gasteiger partial charge in [0.05, 0.1) is 0 Å². The maximum absolute atomic E-state index is 13.2. The van der Waals surface area contributed by atoms with Crippen molar-refractivity contribution in [1.82, 2.24) is 5.32 Å². The van der Waals surface area contributed by atoms with Crippen LogP contribution in [0.2, 0.25) is 0 Å². The van der Waals surface area contributed by atoms with E-state index in [1.165, 1.54) is 24.0 Å². The van der Waals surface area contributed by atoms with Gasteiger partial charge in [0.15, 0.2) is 0 Å². The molecule has 1 aromatic rings. The van der Waals surface area contributed by atoms with Crippen LogP contribution in [0.3, 0.4) is 0 Å². The van der Waals surface area contributed by atoms with Crippen molar-refractivity contribution in [2.45, 2.75) is 39.2 Å². The van der Waals surface area contributed by atoms with E-state index in [0.29, 0.717) is 11.5 Å². The first-order valence-corrected chi connectivity index (χ1v) is 6.00. The lowest BCUT2D eigenvalue weighted by molar-refractivity contribution is 0.368. The van der Waals surface area contributed by atoms with E-state index in [1.54, 1.807) is 12.1 Å². The summed E-state index contributed by atoms with van der Waals surface area (Å²) in [6.07, 6.45) is 3.51. The molecule has 1 saturated carbocycles. The highest BCUT2D eigenvalue weighted by molar-refractivity contribution is 5.29. The van der Waals surface area contributed by atoms with Gasteiger partial charge >= 0.3 is 0 Å². The van der Waals surface area contributed by atoms with Crippen LogP contribution in [0, 0.1) is 18.2 Å². The van der Waals surface area contributed by atoms with Crippen LogP contribution in [0.5, 0.6) is 0 Å². The average Bonchev–Trinajstić information content (AvgIpc) is 3.03. The van der Waals surface area contributed by atoms with E-state index in [-0.39, 0.29) is 5.82 Å². The van der Waals surface area contributed by atoms with Crippen LogP contribution < -0.4 is 5.32 Å². The van der Waals surface area contributed by atoms with Gasteiger partial charge in [0.25, 0.3) is 0 Å². The minimum absolute atomic E-state index is 0.117. The van der Waals surface area contributed by atoms with Crippen molar-refractivity contribution in [3.05, 3.63) is 35.1 Å². The van der Waals surface area contributed by atoms with E-state index < -0.39 is 0 Å². The molecule has 1 nitrogen and oxygen atoms in total. The van der Waals surface area contributed by atoms with E-state index in [9.17, 15) is 4.39 Å². The highest BCUT2D eigenvalue weighted by atomic mass is 19.1. The van der Waals surface area contributed by atoms with Gasteiger partial charge in [-0.1, -0.05) is 6.07 Å². The lowest BCUT2D eigenvalue weighted by Crippen LogP contribution is -2.33. The highest BCUT2D eigenvalue weighted by Gasteiger charge is 2.46. The maximum Gasteiger partial charge on any atom is 0.123 e. The number of aryl methyl sites for hydroxylation is 1. The first-order chi connectivity index (χ1) is 7.57. The molecule has 0 amide bonds. The molecule has 1 aliphatic carbocycles. The summed E-state index contributed by atoms with van der Waals surface area (Å²) in [6, 6.07) is 5.62. The van der Waals surface area contributed by atoms with Gasteiger partial charge in [0.1, 0.15) is 5.82 Å². The molecule has 1 aliphatic rings. The molecule has 1 atom stereocenters. The Balaban J connectivity index is 2.18. The predicted octanol–water partition coefficient (Wildman–Crippen LogP) is 3.06. The highest BCUT2D eigenvalue weighted by Crippen LogP contribution is 2.51. The van der Waals surface area contributed by atoms with Crippen molar-refractivity contribution in [2.75, 3.05) is 7.05 Å². The van der Waals surface area contributed by atoms with Gasteiger partial charge in [-0.3, -0.25) is 0 Å². The zero-order chi connectivity index (χ0) is 11.8. The zero-order valence-electron chi connectivity index (χ0n) is 10.3. The van der Waals surface area contributed by atoms with Crippen molar-refractivity contribution in [2.24, 2.45) is 5.41 Å². The van der Waals surface area contributed by atoms with Gasteiger partial charge in [0.2, 0.25) is 0 Å². The van der Waals surface area contributed by atoms with Gasteiger partial charge < -0.3 is 5.32 Å². The molecule has 16 heavy (non-hydrogen) atoms. The van der Waals surface area contributed by atoms with Gasteiger partial charge in [-0.2, -0.15) is 0 Å². The molecule has 0 spiro atoms. The Kier molecular flexibility index (Phi) is 3.02. The fraction of sp³-hybridized carbons (Fsp3) is 0.571. The monoisotopic (exact) mass is 221 g/mol. The van der Waals surface area contributed by atoms with Crippen molar-refractivity contribution < 1.29 is 4.39 Å². The third kappa shape index (κ3) is 2.12. The fourth-order valence-electron chi connectivity index (χ4n) is 2.44. The lowest BCUT2D eigenvalue weighted by atomic mass is 9.88. The average molecular weight is 221 g/mol. The Morgan fingerprint density at radius 1 is 1.44 bits per heavy atom. The van der Waals surface area contributed by atoms with Crippen LogP contribution in [0.15, 0.2) is 18.2 Å². The fourth-order valence-corrected chi connectivity index (χ4v) is 2.44. The van der Waals surface area contributed by atoms with Gasteiger partial charge in [-0.15, -0.1) is 0 Å². The van der Waals surface area contributed by atoms with Crippen LogP contribution in [0.4, 0.5) is 4.39 Å². The third-order valence-electron chi connectivity index (χ3n) is 4.10. The maximum atomic E-state index is 13.2. The quantitative estimate of drug-likeness (QED) is 0.824. The first kappa shape index (κ1) is 11.6. The molecule has 1 fully saturated rings. The number of hydrogen-bond donors (Lipinski definition) is 1. The van der Waals surface area contributed by atoms with E-state index in [4.69, 9.17) is 0 Å². The first-order valence-electron chi connectivity index (χ1n) is 6.00. The number of benzene rings is 1. The topological polar surface area (TPSA) is 12.0 Å². The zero-order valence-corrected chi connectivity index (χ0v) is 10.3. The van der Waals surface area contributed by atoms with Crippen molar-refractivity contribution >= 4 is 0 Å². The summed E-state index contributed by atoms with van der Waals surface area (Å²) in [6.45, 7) is 4.29. The second-order valence-electron chi connectivity index (χ2n) is 5.12. The Morgan fingerprint density at radius 3 is 2.69 bits per heavy atom. The smallest absolute Gasteiger partial charge is 0.123 e.